The second-order valence-electron chi connectivity index (χ2n) is 4.56. The van der Waals surface area contributed by atoms with Crippen molar-refractivity contribution < 1.29 is 4.74 Å². The molecule has 0 aliphatic carbocycles. The van der Waals surface area contributed by atoms with Gasteiger partial charge in [0.15, 0.2) is 0 Å². The minimum atomic E-state index is 0.577. The topological polar surface area (TPSA) is 38.2 Å². The average Bonchev–Trinajstić information content (AvgIpc) is 2.97. The summed E-state index contributed by atoms with van der Waals surface area (Å²) >= 11 is 7.46. The van der Waals surface area contributed by atoms with Crippen LogP contribution in [0.2, 0.25) is 5.02 Å². The van der Waals surface area contributed by atoms with E-state index < -0.39 is 0 Å². The highest BCUT2D eigenvalue weighted by Crippen LogP contribution is 2.25. The van der Waals surface area contributed by atoms with E-state index >= 15 is 0 Å². The van der Waals surface area contributed by atoms with Gasteiger partial charge in [-0.15, -0.1) is 11.3 Å². The number of fused-ring (bicyclic) bond motifs is 1. The molecule has 1 aromatic carbocycles. The van der Waals surface area contributed by atoms with Crippen LogP contribution in [0.5, 0.6) is 5.75 Å². The Morgan fingerprint density at radius 1 is 1.19 bits per heavy atom. The molecular formula is C15H14ClN3OS. The Labute approximate surface area is 132 Å². The highest BCUT2D eigenvalue weighted by Gasteiger charge is 2.09. The van der Waals surface area contributed by atoms with Gasteiger partial charge in [0.1, 0.15) is 29.3 Å². The van der Waals surface area contributed by atoms with Gasteiger partial charge >= 0.3 is 0 Å². The number of benzene rings is 1. The lowest BCUT2D eigenvalue weighted by Gasteiger charge is -2.18. The lowest BCUT2D eigenvalue weighted by Crippen LogP contribution is -2.24. The normalized spacial score (nSPS) is 10.8. The maximum Gasteiger partial charge on any atom is 0.140 e. The van der Waals surface area contributed by atoms with E-state index in [2.05, 4.69) is 14.9 Å². The second-order valence-corrected chi connectivity index (χ2v) is 5.89. The predicted octanol–water partition coefficient (Wildman–Crippen LogP) is 3.86. The van der Waals surface area contributed by atoms with E-state index in [1.807, 2.05) is 42.8 Å². The van der Waals surface area contributed by atoms with E-state index in [1.165, 1.54) is 0 Å². The Hall–Kier alpha value is -1.85. The number of thiophene rings is 1. The molecule has 0 amide bonds. The number of hydrogen-bond acceptors (Lipinski definition) is 5. The monoisotopic (exact) mass is 319 g/mol. The van der Waals surface area contributed by atoms with Crippen molar-refractivity contribution in [1.82, 2.24) is 9.97 Å². The summed E-state index contributed by atoms with van der Waals surface area (Å²) in [5.74, 6) is 1.75. The first-order valence-corrected chi connectivity index (χ1v) is 7.77. The molecule has 3 aromatic rings. The number of aromatic nitrogens is 2. The minimum absolute atomic E-state index is 0.577. The van der Waals surface area contributed by atoms with E-state index in [9.17, 15) is 0 Å². The summed E-state index contributed by atoms with van der Waals surface area (Å²) in [4.78, 5) is 11.7. The maximum absolute atomic E-state index is 5.84. The highest BCUT2D eigenvalue weighted by molar-refractivity contribution is 7.16. The first-order chi connectivity index (χ1) is 10.2. The lowest BCUT2D eigenvalue weighted by atomic mass is 10.3. The number of nitrogens with zero attached hydrogens (tertiary/aromatic N) is 3. The molecule has 0 saturated heterocycles. The molecule has 0 N–H and O–H groups in total. The zero-order valence-electron chi connectivity index (χ0n) is 11.5. The summed E-state index contributed by atoms with van der Waals surface area (Å²) in [5, 5.41) is 3.82. The van der Waals surface area contributed by atoms with Gasteiger partial charge in [0.05, 0.1) is 11.9 Å². The Balaban J connectivity index is 1.62. The first kappa shape index (κ1) is 14.1. The van der Waals surface area contributed by atoms with Crippen LogP contribution < -0.4 is 9.64 Å². The molecule has 0 spiro atoms. The van der Waals surface area contributed by atoms with Gasteiger partial charge in [-0.25, -0.2) is 9.97 Å². The molecule has 3 rings (SSSR count). The van der Waals surface area contributed by atoms with Crippen LogP contribution in [0.25, 0.3) is 10.2 Å². The zero-order chi connectivity index (χ0) is 14.7. The van der Waals surface area contributed by atoms with E-state index in [4.69, 9.17) is 16.3 Å². The molecule has 2 heterocycles. The molecule has 6 heteroatoms. The van der Waals surface area contributed by atoms with Crippen molar-refractivity contribution in [3.63, 3.8) is 0 Å². The van der Waals surface area contributed by atoms with E-state index in [0.717, 1.165) is 28.3 Å². The highest BCUT2D eigenvalue weighted by atomic mass is 35.5. The van der Waals surface area contributed by atoms with Crippen LogP contribution in [0.3, 0.4) is 0 Å². The maximum atomic E-state index is 5.84. The average molecular weight is 320 g/mol. The van der Waals surface area contributed by atoms with Gasteiger partial charge in [-0.05, 0) is 35.7 Å². The smallest absolute Gasteiger partial charge is 0.140 e. The SMILES string of the molecule is CN(CCOc1ccc(Cl)cc1)c1ncnc2sccc12. The summed E-state index contributed by atoms with van der Waals surface area (Å²) in [5.41, 5.74) is 0. The molecule has 0 unspecified atom stereocenters. The minimum Gasteiger partial charge on any atom is -0.492 e. The van der Waals surface area contributed by atoms with Crippen molar-refractivity contribution in [2.24, 2.45) is 0 Å². The third-order valence-corrected chi connectivity index (χ3v) is 4.18. The third-order valence-electron chi connectivity index (χ3n) is 3.11. The first-order valence-electron chi connectivity index (χ1n) is 6.52. The van der Waals surface area contributed by atoms with Crippen molar-refractivity contribution in [1.29, 1.82) is 0 Å². The number of rotatable bonds is 5. The van der Waals surface area contributed by atoms with Gasteiger partial charge in [0.2, 0.25) is 0 Å². The molecule has 2 aromatic heterocycles. The lowest BCUT2D eigenvalue weighted by molar-refractivity contribution is 0.326. The number of halogens is 1. The van der Waals surface area contributed by atoms with Crippen LogP contribution in [0.4, 0.5) is 5.82 Å². The standard InChI is InChI=1S/C15H14ClN3OS/c1-19(7-8-20-12-4-2-11(16)3-5-12)14-13-6-9-21-15(13)18-10-17-14/h2-6,9-10H,7-8H2,1H3. The van der Waals surface area contributed by atoms with Gasteiger partial charge in [-0.1, -0.05) is 11.6 Å². The van der Waals surface area contributed by atoms with Crippen LogP contribution in [0, 0.1) is 0 Å². The van der Waals surface area contributed by atoms with Crippen LogP contribution >= 0.6 is 22.9 Å². The molecule has 0 saturated carbocycles. The molecule has 108 valence electrons. The fraction of sp³-hybridized carbons (Fsp3) is 0.200. The quantitative estimate of drug-likeness (QED) is 0.715. The predicted molar refractivity (Wildman–Crippen MR) is 87.6 cm³/mol. The zero-order valence-corrected chi connectivity index (χ0v) is 13.1. The fourth-order valence-corrected chi connectivity index (χ4v) is 2.87. The molecule has 4 nitrogen and oxygen atoms in total. The molecule has 21 heavy (non-hydrogen) atoms. The summed E-state index contributed by atoms with van der Waals surface area (Å²) in [6, 6.07) is 9.42. The number of ether oxygens (including phenoxy) is 1. The summed E-state index contributed by atoms with van der Waals surface area (Å²) < 4.78 is 5.71. The molecule has 0 bridgehead atoms. The van der Waals surface area contributed by atoms with Gasteiger partial charge in [-0.2, -0.15) is 0 Å². The van der Waals surface area contributed by atoms with E-state index in [0.29, 0.717) is 11.6 Å². The van der Waals surface area contributed by atoms with Crippen molar-refractivity contribution in [2.45, 2.75) is 0 Å². The molecule has 0 fully saturated rings. The van der Waals surface area contributed by atoms with E-state index in [-0.39, 0.29) is 0 Å². The van der Waals surface area contributed by atoms with Crippen LogP contribution in [0.15, 0.2) is 42.0 Å². The van der Waals surface area contributed by atoms with Crippen molar-refractivity contribution in [3.8, 4) is 5.75 Å². The third kappa shape index (κ3) is 3.25. The number of hydrogen-bond donors (Lipinski definition) is 0. The Kier molecular flexibility index (Phi) is 4.22. The largest absolute Gasteiger partial charge is 0.492 e. The Morgan fingerprint density at radius 3 is 2.81 bits per heavy atom. The summed E-state index contributed by atoms with van der Waals surface area (Å²) in [6.45, 7) is 1.32. The van der Waals surface area contributed by atoms with Crippen LogP contribution in [-0.2, 0) is 0 Å². The Bertz CT molecular complexity index is 729. The van der Waals surface area contributed by atoms with Crippen LogP contribution in [-0.4, -0.2) is 30.2 Å². The van der Waals surface area contributed by atoms with Gasteiger partial charge in [0.25, 0.3) is 0 Å². The summed E-state index contributed by atoms with van der Waals surface area (Å²) in [7, 11) is 2.00. The molecule has 0 radical (unpaired) electrons. The molecule has 0 aliphatic heterocycles. The molecule has 0 aliphatic rings. The van der Waals surface area contributed by atoms with Gasteiger partial charge < -0.3 is 9.64 Å². The van der Waals surface area contributed by atoms with Gasteiger partial charge in [0, 0.05) is 12.1 Å². The van der Waals surface area contributed by atoms with Crippen molar-refractivity contribution in [2.75, 3.05) is 25.1 Å². The Morgan fingerprint density at radius 2 is 2.00 bits per heavy atom. The molecule has 0 atom stereocenters. The number of anilines is 1. The molecular weight excluding hydrogens is 306 g/mol. The van der Waals surface area contributed by atoms with Crippen molar-refractivity contribution >= 4 is 39.0 Å². The van der Waals surface area contributed by atoms with E-state index in [1.54, 1.807) is 17.7 Å². The number of likely N-dealkylation sites (N-methyl/N-ethyl adjacent to an activating group) is 1. The fourth-order valence-electron chi connectivity index (χ4n) is 2.02. The van der Waals surface area contributed by atoms with Crippen molar-refractivity contribution in [3.05, 3.63) is 47.1 Å². The summed E-state index contributed by atoms with van der Waals surface area (Å²) in [6.07, 6.45) is 1.60. The van der Waals surface area contributed by atoms with Crippen LogP contribution in [0.1, 0.15) is 0 Å². The van der Waals surface area contributed by atoms with Gasteiger partial charge in [-0.3, -0.25) is 0 Å². The second kappa shape index (κ2) is 6.28.